The lowest BCUT2D eigenvalue weighted by Crippen LogP contribution is -2.16. The van der Waals surface area contributed by atoms with Crippen LogP contribution in [0.1, 0.15) is 18.2 Å². The highest BCUT2D eigenvalue weighted by atomic mass is 16.5. The number of rotatable bonds is 8. The highest BCUT2D eigenvalue weighted by Crippen LogP contribution is 2.27. The minimum absolute atomic E-state index is 0.0372. The largest absolute Gasteiger partial charge is 0.507 e. The second kappa shape index (κ2) is 9.82. The highest BCUT2D eigenvalue weighted by Gasteiger charge is 2.22. The Morgan fingerprint density at radius 3 is 2.61 bits per heavy atom. The summed E-state index contributed by atoms with van der Waals surface area (Å²) < 4.78 is 15.0. The van der Waals surface area contributed by atoms with Gasteiger partial charge in [-0.15, -0.1) is 0 Å². The van der Waals surface area contributed by atoms with Crippen molar-refractivity contribution in [1.82, 2.24) is 0 Å². The van der Waals surface area contributed by atoms with Crippen molar-refractivity contribution in [3.8, 4) is 11.5 Å². The van der Waals surface area contributed by atoms with Crippen LogP contribution in [0, 0.1) is 0 Å². The Morgan fingerprint density at radius 2 is 1.96 bits per heavy atom. The van der Waals surface area contributed by atoms with Gasteiger partial charge in [0.05, 0.1) is 20.0 Å². The number of allylic oxidation sites excluding steroid dienone is 2. The summed E-state index contributed by atoms with van der Waals surface area (Å²) in [6, 6.07) is 7.81. The van der Waals surface area contributed by atoms with Crippen LogP contribution in [0.15, 0.2) is 64.5 Å². The molecule has 146 valence electrons. The Hall–Kier alpha value is -3.74. The second-order valence-electron chi connectivity index (χ2n) is 5.46. The fourth-order valence-electron chi connectivity index (χ4n) is 2.22. The zero-order valence-corrected chi connectivity index (χ0v) is 15.4. The maximum atomic E-state index is 12.4. The molecule has 0 unspecified atom stereocenters. The molecule has 0 fully saturated rings. The fraction of sp³-hybridized carbons (Fsp3) is 0.143. The van der Waals surface area contributed by atoms with Crippen molar-refractivity contribution in [3.63, 3.8) is 0 Å². The van der Waals surface area contributed by atoms with Crippen molar-refractivity contribution in [3.05, 3.63) is 71.4 Å². The van der Waals surface area contributed by atoms with Crippen LogP contribution in [0.3, 0.4) is 0 Å². The predicted octanol–water partition coefficient (Wildman–Crippen LogP) is 3.66. The summed E-state index contributed by atoms with van der Waals surface area (Å²) >= 11 is 0. The van der Waals surface area contributed by atoms with Crippen LogP contribution >= 0.6 is 0 Å². The van der Waals surface area contributed by atoms with Crippen molar-refractivity contribution in [2.24, 2.45) is 0 Å². The van der Waals surface area contributed by atoms with Crippen LogP contribution in [-0.2, 0) is 14.3 Å². The topological polar surface area (TPSA) is 106 Å². The number of ether oxygens (including phenoxy) is 2. The summed E-state index contributed by atoms with van der Waals surface area (Å²) in [4.78, 5) is 24.6. The van der Waals surface area contributed by atoms with Gasteiger partial charge in [0.15, 0.2) is 17.3 Å². The molecule has 0 radical (unpaired) electrons. The summed E-state index contributed by atoms with van der Waals surface area (Å²) in [6.07, 6.45) is 6.58. The number of carbonyl (C=O) groups is 2. The van der Waals surface area contributed by atoms with E-state index in [1.165, 1.54) is 43.7 Å². The highest BCUT2D eigenvalue weighted by molar-refractivity contribution is 6.23. The molecule has 1 aromatic heterocycles. The molecule has 2 N–H and O–H groups in total. The third-order valence-corrected chi connectivity index (χ3v) is 3.56. The van der Waals surface area contributed by atoms with Gasteiger partial charge in [0, 0.05) is 0 Å². The zero-order valence-electron chi connectivity index (χ0n) is 15.4. The Morgan fingerprint density at radius 1 is 1.18 bits per heavy atom. The number of ketones is 1. The average Bonchev–Trinajstić information content (AvgIpc) is 3.19. The second-order valence-corrected chi connectivity index (χ2v) is 5.46. The zero-order chi connectivity index (χ0) is 20.5. The third-order valence-electron chi connectivity index (χ3n) is 3.56. The van der Waals surface area contributed by atoms with Gasteiger partial charge in [-0.2, -0.15) is 0 Å². The number of phenols is 1. The van der Waals surface area contributed by atoms with Gasteiger partial charge in [0.25, 0.3) is 0 Å². The number of aromatic hydroxyl groups is 1. The molecule has 0 saturated heterocycles. The predicted molar refractivity (Wildman–Crippen MR) is 103 cm³/mol. The van der Waals surface area contributed by atoms with Crippen LogP contribution in [0.5, 0.6) is 11.5 Å². The maximum Gasteiger partial charge on any atom is 0.345 e. The molecular weight excluding hydrogens is 364 g/mol. The Labute approximate surface area is 161 Å². The SMILES string of the molecule is CCOC(=O)/C(C(=O)/C=C/c1ccco1)=C(O)\C=C\c1ccc(O)c(OC)c1. The maximum absolute atomic E-state index is 12.4. The van der Waals surface area contributed by atoms with E-state index < -0.39 is 23.1 Å². The van der Waals surface area contributed by atoms with Gasteiger partial charge in [-0.3, -0.25) is 4.79 Å². The Balaban J connectivity index is 2.32. The summed E-state index contributed by atoms with van der Waals surface area (Å²) in [5.41, 5.74) is 0.0645. The first kappa shape index (κ1) is 20.6. The van der Waals surface area contributed by atoms with Crippen LogP contribution < -0.4 is 4.74 Å². The third kappa shape index (κ3) is 5.38. The lowest BCUT2D eigenvalue weighted by atomic mass is 10.1. The molecule has 2 rings (SSSR count). The van der Waals surface area contributed by atoms with Gasteiger partial charge in [-0.1, -0.05) is 12.1 Å². The Kier molecular flexibility index (Phi) is 7.21. The summed E-state index contributed by atoms with van der Waals surface area (Å²) in [5.74, 6) is -1.61. The lowest BCUT2D eigenvalue weighted by molar-refractivity contribution is -0.139. The molecule has 0 amide bonds. The number of aliphatic hydroxyl groups excluding tert-OH is 1. The van der Waals surface area contributed by atoms with Gasteiger partial charge in [0.1, 0.15) is 17.1 Å². The van der Waals surface area contributed by atoms with E-state index in [-0.39, 0.29) is 18.1 Å². The van der Waals surface area contributed by atoms with Crippen molar-refractivity contribution in [2.45, 2.75) is 6.92 Å². The molecule has 0 aliphatic carbocycles. The van der Waals surface area contributed by atoms with Crippen molar-refractivity contribution >= 4 is 23.9 Å². The standard InChI is InChI=1S/C21H20O7/c1-3-27-21(25)20(18(24)11-8-15-5-4-12-28-15)17(23)10-7-14-6-9-16(22)19(13-14)26-2/h4-13,22-23H,3H2,1-2H3/b10-7+,11-8+,20-17+. The van der Waals surface area contributed by atoms with E-state index in [9.17, 15) is 19.8 Å². The van der Waals surface area contributed by atoms with Crippen LogP contribution in [-0.4, -0.2) is 35.7 Å². The molecule has 7 heteroatoms. The number of carbonyl (C=O) groups excluding carboxylic acids is 2. The molecule has 0 bridgehead atoms. The quantitative estimate of drug-likeness (QED) is 0.179. The number of methoxy groups -OCH3 is 1. The van der Waals surface area contributed by atoms with Crippen LogP contribution in [0.4, 0.5) is 0 Å². The van der Waals surface area contributed by atoms with Crippen molar-refractivity contribution in [2.75, 3.05) is 13.7 Å². The molecule has 1 aromatic carbocycles. The molecule has 28 heavy (non-hydrogen) atoms. The molecule has 1 heterocycles. The van der Waals surface area contributed by atoms with Gasteiger partial charge < -0.3 is 24.1 Å². The smallest absolute Gasteiger partial charge is 0.345 e. The molecule has 7 nitrogen and oxygen atoms in total. The van der Waals surface area contributed by atoms with Gasteiger partial charge in [-0.25, -0.2) is 4.79 Å². The molecule has 0 aliphatic rings. The molecule has 2 aromatic rings. The van der Waals surface area contributed by atoms with E-state index in [0.717, 1.165) is 6.08 Å². The van der Waals surface area contributed by atoms with Gasteiger partial charge in [-0.05, 0) is 55.0 Å². The molecule has 0 saturated carbocycles. The van der Waals surface area contributed by atoms with Gasteiger partial charge in [0.2, 0.25) is 0 Å². The summed E-state index contributed by atoms with van der Waals surface area (Å²) in [7, 11) is 1.41. The number of furan rings is 1. The minimum atomic E-state index is -0.943. The van der Waals surface area contributed by atoms with Gasteiger partial charge >= 0.3 is 5.97 Å². The van der Waals surface area contributed by atoms with E-state index in [1.807, 2.05) is 0 Å². The lowest BCUT2D eigenvalue weighted by Gasteiger charge is -2.06. The number of hydrogen-bond donors (Lipinski definition) is 2. The van der Waals surface area contributed by atoms with E-state index in [4.69, 9.17) is 13.9 Å². The number of hydrogen-bond acceptors (Lipinski definition) is 7. The van der Waals surface area contributed by atoms with E-state index >= 15 is 0 Å². The number of aliphatic hydroxyl groups is 1. The van der Waals surface area contributed by atoms with E-state index in [0.29, 0.717) is 11.3 Å². The number of phenolic OH excluding ortho intramolecular Hbond substituents is 1. The normalized spacial score (nSPS) is 12.2. The molecule has 0 atom stereocenters. The van der Waals surface area contributed by atoms with Crippen LogP contribution in [0.2, 0.25) is 0 Å². The first-order valence-electron chi connectivity index (χ1n) is 8.37. The number of esters is 1. The van der Waals surface area contributed by atoms with Crippen molar-refractivity contribution in [1.29, 1.82) is 0 Å². The average molecular weight is 384 g/mol. The molecule has 0 spiro atoms. The number of benzene rings is 1. The Bertz CT molecular complexity index is 918. The van der Waals surface area contributed by atoms with Crippen LogP contribution in [0.25, 0.3) is 12.2 Å². The summed E-state index contributed by atoms with van der Waals surface area (Å²) in [6.45, 7) is 1.64. The summed E-state index contributed by atoms with van der Waals surface area (Å²) in [5, 5.41) is 19.9. The van der Waals surface area contributed by atoms with E-state index in [2.05, 4.69) is 0 Å². The first-order chi connectivity index (χ1) is 13.5. The van der Waals surface area contributed by atoms with Crippen molar-refractivity contribution < 1.29 is 33.7 Å². The fourth-order valence-corrected chi connectivity index (χ4v) is 2.22. The molecule has 0 aliphatic heterocycles. The molecular formula is C21H20O7. The monoisotopic (exact) mass is 384 g/mol. The van der Waals surface area contributed by atoms with E-state index in [1.54, 1.807) is 25.1 Å². The first-order valence-corrected chi connectivity index (χ1v) is 8.37. The minimum Gasteiger partial charge on any atom is -0.507 e.